The fraction of sp³-hybridized carbons (Fsp3) is 0.300. The Balaban J connectivity index is 0.00000182. The molecule has 0 atom stereocenters. The van der Waals surface area contributed by atoms with Crippen LogP contribution in [0.25, 0.3) is 16.8 Å². The number of carbonyl (C=O) groups is 1. The Morgan fingerprint density at radius 1 is 1.20 bits per heavy atom. The molecule has 0 aliphatic heterocycles. The number of hydrogen-bond donors (Lipinski definition) is 0. The number of fused-ring (bicyclic) bond motifs is 4. The van der Waals surface area contributed by atoms with Gasteiger partial charge in [-0.25, -0.2) is 9.97 Å². The number of aromatic nitrogens is 2. The minimum atomic E-state index is -0.325. The van der Waals surface area contributed by atoms with Crippen LogP contribution in [0.1, 0.15) is 31.9 Å². The van der Waals surface area contributed by atoms with Crippen molar-refractivity contribution in [2.24, 2.45) is 5.41 Å². The van der Waals surface area contributed by atoms with E-state index in [0.29, 0.717) is 10.9 Å². The van der Waals surface area contributed by atoms with Crippen LogP contribution in [0.3, 0.4) is 0 Å². The number of nitrogens with zero attached hydrogens (tertiary/aromatic N) is 2. The van der Waals surface area contributed by atoms with Crippen molar-refractivity contribution in [1.29, 1.82) is 0 Å². The highest BCUT2D eigenvalue weighted by atomic mass is 32.2. The summed E-state index contributed by atoms with van der Waals surface area (Å²) in [5.74, 6) is 0.622. The van der Waals surface area contributed by atoms with Crippen LogP contribution >= 0.6 is 25.3 Å². The van der Waals surface area contributed by atoms with Crippen LogP contribution in [0.15, 0.2) is 41.2 Å². The van der Waals surface area contributed by atoms with Crippen molar-refractivity contribution in [3.8, 4) is 11.3 Å². The van der Waals surface area contributed by atoms with Gasteiger partial charge in [0.15, 0.2) is 5.16 Å². The topological polar surface area (TPSA) is 42.9 Å². The van der Waals surface area contributed by atoms with E-state index in [9.17, 15) is 4.79 Å². The predicted octanol–water partition coefficient (Wildman–Crippen LogP) is 4.49. The lowest BCUT2D eigenvalue weighted by Crippen LogP contribution is -2.22. The van der Waals surface area contributed by atoms with E-state index >= 15 is 0 Å². The summed E-state index contributed by atoms with van der Waals surface area (Å²) in [5, 5.41) is 0.672. The smallest absolute Gasteiger partial charge is 0.188 e. The molecule has 1 radical (unpaired) electrons. The van der Waals surface area contributed by atoms with Crippen LogP contribution in [0.2, 0.25) is 0 Å². The first-order valence-electron chi connectivity index (χ1n) is 8.13. The molecule has 0 saturated carbocycles. The molecule has 5 heteroatoms. The zero-order valence-corrected chi connectivity index (χ0v) is 16.4. The minimum Gasteiger partial charge on any atom is -0.298 e. The van der Waals surface area contributed by atoms with Crippen LogP contribution in [-0.4, -0.2) is 21.5 Å². The minimum absolute atomic E-state index is 0. The van der Waals surface area contributed by atoms with Gasteiger partial charge in [0.25, 0.3) is 0 Å². The Labute approximate surface area is 159 Å². The fourth-order valence-electron chi connectivity index (χ4n) is 2.83. The highest BCUT2D eigenvalue weighted by Crippen LogP contribution is 2.48. The molecule has 0 unspecified atom stereocenters. The Bertz CT molecular complexity index is 882. The van der Waals surface area contributed by atoms with Gasteiger partial charge < -0.3 is 0 Å². The van der Waals surface area contributed by atoms with Crippen molar-refractivity contribution in [3.05, 3.63) is 53.6 Å². The average molecular weight is 370 g/mol. The maximum absolute atomic E-state index is 12.1. The van der Waals surface area contributed by atoms with E-state index in [1.54, 1.807) is 0 Å². The summed E-state index contributed by atoms with van der Waals surface area (Å²) < 4.78 is 0. The summed E-state index contributed by atoms with van der Waals surface area (Å²) >= 11 is 1.43. The summed E-state index contributed by atoms with van der Waals surface area (Å²) in [5.41, 5.74) is 6.93. The number of carbonyl (C=O) groups excluding carboxylic acids is 1. The summed E-state index contributed by atoms with van der Waals surface area (Å²) in [6, 6.07) is 8.42. The quantitative estimate of drug-likeness (QED) is 0.590. The Morgan fingerprint density at radius 2 is 1.96 bits per heavy atom. The second kappa shape index (κ2) is 6.61. The van der Waals surface area contributed by atoms with Crippen molar-refractivity contribution in [2.45, 2.75) is 32.3 Å². The van der Waals surface area contributed by atoms with Gasteiger partial charge in [0.2, 0.25) is 0 Å². The van der Waals surface area contributed by atoms with Crippen molar-refractivity contribution in [1.82, 2.24) is 9.97 Å². The molecule has 0 amide bonds. The molecule has 3 nitrogen and oxygen atoms in total. The molecule has 0 saturated heterocycles. The molecule has 1 heterocycles. The Kier molecular flexibility index (Phi) is 4.82. The molecule has 0 bridgehead atoms. The maximum atomic E-state index is 12.1. The normalized spacial score (nSPS) is 14.7. The zero-order chi connectivity index (χ0) is 16.9. The van der Waals surface area contributed by atoms with Gasteiger partial charge in [-0.15, -0.1) is 0 Å². The predicted molar refractivity (Wildman–Crippen MR) is 108 cm³/mol. The van der Waals surface area contributed by atoms with Crippen LogP contribution < -0.4 is 0 Å². The number of allylic oxidation sites excluding steroid dienone is 2. The molecule has 2 aliphatic rings. The van der Waals surface area contributed by atoms with E-state index in [1.807, 2.05) is 27.0 Å². The van der Waals surface area contributed by atoms with Crippen LogP contribution in [0, 0.1) is 11.8 Å². The Morgan fingerprint density at radius 3 is 2.72 bits per heavy atom. The average Bonchev–Trinajstić information content (AvgIpc) is 3.31. The van der Waals surface area contributed by atoms with Crippen LogP contribution in [0.5, 0.6) is 0 Å². The lowest BCUT2D eigenvalue weighted by molar-refractivity contribution is -0.123. The first kappa shape index (κ1) is 18.2. The number of rotatable bonds is 3. The number of ketones is 1. The van der Waals surface area contributed by atoms with Crippen LogP contribution in [0.4, 0.5) is 0 Å². The zero-order valence-electron chi connectivity index (χ0n) is 14.6. The van der Waals surface area contributed by atoms with Gasteiger partial charge in [0.1, 0.15) is 5.78 Å². The molecule has 129 valence electrons. The van der Waals surface area contributed by atoms with E-state index in [1.165, 1.54) is 34.0 Å². The molecule has 4 rings (SSSR count). The van der Waals surface area contributed by atoms with Gasteiger partial charge in [-0.2, -0.15) is 13.5 Å². The van der Waals surface area contributed by atoms with E-state index in [-0.39, 0.29) is 24.7 Å². The molecule has 0 N–H and O–H groups in total. The van der Waals surface area contributed by atoms with Gasteiger partial charge in [0, 0.05) is 29.2 Å². The van der Waals surface area contributed by atoms with E-state index in [4.69, 9.17) is 4.98 Å². The number of thioether (sulfide) groups is 1. The van der Waals surface area contributed by atoms with E-state index in [0.717, 1.165) is 17.7 Å². The van der Waals surface area contributed by atoms with Gasteiger partial charge in [0.05, 0.1) is 11.4 Å². The molecule has 1 aromatic heterocycles. The van der Waals surface area contributed by atoms with Crippen molar-refractivity contribution >= 4 is 36.6 Å². The maximum Gasteiger partial charge on any atom is 0.188 e. The highest BCUT2D eigenvalue weighted by Gasteiger charge is 2.31. The first-order valence-corrected chi connectivity index (χ1v) is 9.12. The molecule has 0 fully saturated rings. The molecular formula is C20H21N2OS2. The van der Waals surface area contributed by atoms with E-state index < -0.39 is 0 Å². The fourth-order valence-corrected chi connectivity index (χ4v) is 3.81. The summed E-state index contributed by atoms with van der Waals surface area (Å²) in [6.07, 6.45) is 5.09. The molecular weight excluding hydrogens is 348 g/mol. The standard InChI is InChI=1S/C20H19N2OS.H2S/c1-20(2,3)17(23)11-24-19-21-10-16-15-9-13(15)8-12-6-4-5-7-14(12)18(16)22-19;/h4-7,9-10H,8,11H2,1-3H3;1H2. The molecule has 2 aliphatic carbocycles. The van der Waals surface area contributed by atoms with Crippen molar-refractivity contribution < 1.29 is 4.79 Å². The lowest BCUT2D eigenvalue weighted by atomic mass is 9.92. The second-order valence-electron chi connectivity index (χ2n) is 7.29. The van der Waals surface area contributed by atoms with Crippen LogP contribution in [-0.2, 0) is 11.2 Å². The largest absolute Gasteiger partial charge is 0.298 e. The number of benzene rings is 1. The third-order valence-electron chi connectivity index (χ3n) is 4.46. The van der Waals surface area contributed by atoms with E-state index in [2.05, 4.69) is 35.7 Å². The highest BCUT2D eigenvalue weighted by molar-refractivity contribution is 7.99. The third-order valence-corrected chi connectivity index (χ3v) is 5.32. The molecule has 1 aromatic carbocycles. The number of hydrogen-bond acceptors (Lipinski definition) is 4. The Hall–Kier alpha value is -1.59. The summed E-state index contributed by atoms with van der Waals surface area (Å²) in [4.78, 5) is 21.4. The van der Waals surface area contributed by atoms with Gasteiger partial charge in [-0.3, -0.25) is 4.79 Å². The second-order valence-corrected chi connectivity index (χ2v) is 8.24. The summed E-state index contributed by atoms with van der Waals surface area (Å²) in [6.45, 7) is 5.84. The van der Waals surface area contributed by atoms with Crippen molar-refractivity contribution in [3.63, 3.8) is 0 Å². The number of Topliss-reactive ketones (excluding diaryl/α,β-unsaturated/α-hetero) is 1. The van der Waals surface area contributed by atoms with Gasteiger partial charge in [-0.05, 0) is 17.6 Å². The van der Waals surface area contributed by atoms with Gasteiger partial charge in [-0.1, -0.05) is 62.4 Å². The monoisotopic (exact) mass is 369 g/mol. The third kappa shape index (κ3) is 3.53. The molecule has 2 aromatic rings. The molecule has 25 heavy (non-hydrogen) atoms. The first-order chi connectivity index (χ1) is 11.4. The SMILES string of the molecule is CC(C)(C)C(=O)CSc1ncc2c(n1)-c1ccccc1CC1=C2[CH]1.S. The lowest BCUT2D eigenvalue weighted by Gasteiger charge is -2.16. The summed E-state index contributed by atoms with van der Waals surface area (Å²) in [7, 11) is 0. The van der Waals surface area contributed by atoms with Crippen molar-refractivity contribution in [2.75, 3.05) is 5.75 Å². The molecule has 0 spiro atoms. The van der Waals surface area contributed by atoms with Gasteiger partial charge >= 0.3 is 0 Å².